The van der Waals surface area contributed by atoms with Gasteiger partial charge in [0, 0.05) is 23.4 Å². The average molecular weight is 261 g/mol. The Hall–Kier alpha value is -2.68. The van der Waals surface area contributed by atoms with E-state index in [1.165, 1.54) is 0 Å². The van der Waals surface area contributed by atoms with E-state index in [1.807, 2.05) is 54.6 Å². The Labute approximate surface area is 119 Å². The highest BCUT2D eigenvalue weighted by Gasteiger charge is 1.96. The highest BCUT2D eigenvalue weighted by atomic mass is 16.3. The Bertz CT molecular complexity index is 669. The van der Waals surface area contributed by atoms with Gasteiger partial charge in [0.2, 0.25) is 0 Å². The molecule has 2 N–H and O–H groups in total. The molecule has 0 amide bonds. The molecule has 0 fully saturated rings. The number of hydrogen-bond acceptors (Lipinski definition) is 2. The van der Waals surface area contributed by atoms with Gasteiger partial charge in [0.15, 0.2) is 0 Å². The molecule has 2 rings (SSSR count). The monoisotopic (exact) mass is 261 g/mol. The summed E-state index contributed by atoms with van der Waals surface area (Å²) in [5, 5.41) is 12.0. The smallest absolute Gasteiger partial charge is 0.0604 e. The molecule has 0 heterocycles. The summed E-state index contributed by atoms with van der Waals surface area (Å²) in [6.07, 6.45) is 0. The standard InChI is InChI=1S/C18H15NO/c20-15-14-19-18-13-7-6-12-17(18)11-5-4-10-16-8-2-1-3-9-16/h1-3,6-9,12-13,19-20H,14-15H2. The minimum Gasteiger partial charge on any atom is -0.395 e. The third-order valence-corrected chi connectivity index (χ3v) is 2.59. The number of nitrogens with one attached hydrogen (secondary N) is 1. The van der Waals surface area contributed by atoms with E-state index in [4.69, 9.17) is 5.11 Å². The van der Waals surface area contributed by atoms with E-state index in [0.717, 1.165) is 16.8 Å². The zero-order chi connectivity index (χ0) is 14.0. The van der Waals surface area contributed by atoms with Crippen molar-refractivity contribution in [2.45, 2.75) is 0 Å². The van der Waals surface area contributed by atoms with Crippen LogP contribution >= 0.6 is 0 Å². The zero-order valence-corrected chi connectivity index (χ0v) is 11.1. The molecule has 0 aromatic heterocycles. The molecular weight excluding hydrogens is 246 g/mol. The molecule has 0 spiro atoms. The molecule has 98 valence electrons. The van der Waals surface area contributed by atoms with E-state index < -0.39 is 0 Å². The topological polar surface area (TPSA) is 32.3 Å². The van der Waals surface area contributed by atoms with Gasteiger partial charge in [0.05, 0.1) is 6.61 Å². The second-order valence-corrected chi connectivity index (χ2v) is 4.06. The van der Waals surface area contributed by atoms with Gasteiger partial charge >= 0.3 is 0 Å². The fourth-order valence-corrected chi connectivity index (χ4v) is 1.66. The normalized spacial score (nSPS) is 8.85. The van der Waals surface area contributed by atoms with E-state index in [-0.39, 0.29) is 6.61 Å². The van der Waals surface area contributed by atoms with E-state index >= 15 is 0 Å². The molecule has 0 unspecified atom stereocenters. The van der Waals surface area contributed by atoms with Crippen LogP contribution in [0.4, 0.5) is 5.69 Å². The minimum atomic E-state index is 0.0928. The van der Waals surface area contributed by atoms with E-state index in [0.29, 0.717) is 6.54 Å². The maximum absolute atomic E-state index is 8.84. The Kier molecular flexibility index (Phi) is 5.28. The van der Waals surface area contributed by atoms with E-state index in [1.54, 1.807) is 0 Å². The highest BCUT2D eigenvalue weighted by Crippen LogP contribution is 2.12. The van der Waals surface area contributed by atoms with Gasteiger partial charge < -0.3 is 10.4 Å². The van der Waals surface area contributed by atoms with Crippen molar-refractivity contribution in [1.29, 1.82) is 0 Å². The number of anilines is 1. The van der Waals surface area contributed by atoms with Crippen molar-refractivity contribution in [3.05, 3.63) is 65.7 Å². The first-order valence-electron chi connectivity index (χ1n) is 6.41. The first kappa shape index (κ1) is 13.7. The molecule has 20 heavy (non-hydrogen) atoms. The second kappa shape index (κ2) is 7.69. The van der Waals surface area contributed by atoms with Gasteiger partial charge in [-0.05, 0) is 36.1 Å². The van der Waals surface area contributed by atoms with Crippen molar-refractivity contribution in [3.8, 4) is 23.7 Å². The molecule has 0 aliphatic heterocycles. The van der Waals surface area contributed by atoms with Gasteiger partial charge in [-0.15, -0.1) is 0 Å². The van der Waals surface area contributed by atoms with Crippen molar-refractivity contribution in [2.75, 3.05) is 18.5 Å². The Balaban J connectivity index is 2.11. The maximum atomic E-state index is 8.84. The van der Waals surface area contributed by atoms with Gasteiger partial charge in [0.25, 0.3) is 0 Å². The first-order chi connectivity index (χ1) is 9.90. The largest absolute Gasteiger partial charge is 0.395 e. The minimum absolute atomic E-state index is 0.0928. The van der Waals surface area contributed by atoms with E-state index in [2.05, 4.69) is 29.0 Å². The molecule has 0 atom stereocenters. The van der Waals surface area contributed by atoms with Crippen LogP contribution in [0.5, 0.6) is 0 Å². The van der Waals surface area contributed by atoms with Crippen LogP contribution in [-0.4, -0.2) is 18.3 Å². The molecule has 2 aromatic rings. The molecule has 0 bridgehead atoms. The molecule has 0 saturated carbocycles. The van der Waals surface area contributed by atoms with Crippen molar-refractivity contribution in [1.82, 2.24) is 0 Å². The van der Waals surface area contributed by atoms with Crippen LogP contribution in [0.25, 0.3) is 0 Å². The van der Waals surface area contributed by atoms with Crippen LogP contribution in [0.2, 0.25) is 0 Å². The summed E-state index contributed by atoms with van der Waals surface area (Å²) < 4.78 is 0. The quantitative estimate of drug-likeness (QED) is 0.832. The lowest BCUT2D eigenvalue weighted by atomic mass is 10.2. The van der Waals surface area contributed by atoms with Crippen molar-refractivity contribution in [2.24, 2.45) is 0 Å². The average Bonchev–Trinajstić information content (AvgIpc) is 2.51. The molecule has 0 aliphatic carbocycles. The third-order valence-electron chi connectivity index (χ3n) is 2.59. The molecule has 0 saturated heterocycles. The van der Waals surface area contributed by atoms with Crippen LogP contribution in [0.1, 0.15) is 11.1 Å². The Morgan fingerprint density at radius 2 is 1.55 bits per heavy atom. The maximum Gasteiger partial charge on any atom is 0.0604 e. The van der Waals surface area contributed by atoms with Gasteiger partial charge in [-0.3, -0.25) is 0 Å². The van der Waals surface area contributed by atoms with Crippen LogP contribution in [0.3, 0.4) is 0 Å². The van der Waals surface area contributed by atoms with Crippen LogP contribution in [-0.2, 0) is 0 Å². The molecular formula is C18H15NO. The number of aliphatic hydroxyl groups is 1. The first-order valence-corrected chi connectivity index (χ1v) is 6.41. The molecule has 2 heteroatoms. The summed E-state index contributed by atoms with van der Waals surface area (Å²) in [6, 6.07) is 17.5. The predicted molar refractivity (Wildman–Crippen MR) is 82.2 cm³/mol. The summed E-state index contributed by atoms with van der Waals surface area (Å²) in [4.78, 5) is 0. The number of para-hydroxylation sites is 1. The van der Waals surface area contributed by atoms with Gasteiger partial charge in [0.1, 0.15) is 0 Å². The summed E-state index contributed by atoms with van der Waals surface area (Å²) in [5.74, 6) is 11.7. The summed E-state index contributed by atoms with van der Waals surface area (Å²) in [7, 11) is 0. The Morgan fingerprint density at radius 1 is 0.850 bits per heavy atom. The van der Waals surface area contributed by atoms with Gasteiger partial charge in [-0.1, -0.05) is 42.2 Å². The van der Waals surface area contributed by atoms with Crippen molar-refractivity contribution in [3.63, 3.8) is 0 Å². The lowest BCUT2D eigenvalue weighted by Gasteiger charge is -2.05. The molecule has 0 radical (unpaired) electrons. The molecule has 2 nitrogen and oxygen atoms in total. The second-order valence-electron chi connectivity index (χ2n) is 4.06. The van der Waals surface area contributed by atoms with E-state index in [9.17, 15) is 0 Å². The lowest BCUT2D eigenvalue weighted by Crippen LogP contribution is -2.06. The van der Waals surface area contributed by atoms with Crippen molar-refractivity contribution < 1.29 is 5.11 Å². The van der Waals surface area contributed by atoms with Crippen LogP contribution in [0, 0.1) is 23.7 Å². The predicted octanol–water partition coefficient (Wildman–Crippen LogP) is 2.49. The number of aliphatic hydroxyl groups excluding tert-OH is 1. The number of hydrogen-bond donors (Lipinski definition) is 2. The fraction of sp³-hybridized carbons (Fsp3) is 0.111. The van der Waals surface area contributed by atoms with Crippen LogP contribution in [0.15, 0.2) is 54.6 Å². The number of benzene rings is 2. The summed E-state index contributed by atoms with van der Waals surface area (Å²) in [5.41, 5.74) is 2.74. The summed E-state index contributed by atoms with van der Waals surface area (Å²) in [6.45, 7) is 0.601. The number of rotatable bonds is 3. The van der Waals surface area contributed by atoms with Gasteiger partial charge in [-0.2, -0.15) is 0 Å². The molecule has 2 aromatic carbocycles. The molecule has 0 aliphatic rings. The van der Waals surface area contributed by atoms with Crippen LogP contribution < -0.4 is 5.32 Å². The Morgan fingerprint density at radius 3 is 2.35 bits per heavy atom. The van der Waals surface area contributed by atoms with Gasteiger partial charge in [-0.25, -0.2) is 0 Å². The SMILES string of the molecule is OCCNc1ccccc1C#CC#Cc1ccccc1. The fourth-order valence-electron chi connectivity index (χ4n) is 1.66. The third kappa shape index (κ3) is 4.21. The highest BCUT2D eigenvalue weighted by molar-refractivity contribution is 5.60. The lowest BCUT2D eigenvalue weighted by molar-refractivity contribution is 0.311. The summed E-state index contributed by atoms with van der Waals surface area (Å²) >= 11 is 0. The zero-order valence-electron chi connectivity index (χ0n) is 11.1. The van der Waals surface area contributed by atoms with Crippen molar-refractivity contribution >= 4 is 5.69 Å².